The van der Waals surface area contributed by atoms with Crippen LogP contribution in [0.2, 0.25) is 0 Å². The Kier molecular flexibility index (Phi) is 6.27. The molecule has 2 amide bonds. The van der Waals surface area contributed by atoms with Crippen LogP contribution in [-0.2, 0) is 20.9 Å². The SMILES string of the molecule is NC(=O)C1CC(C(=O)N(Cc2ccccc2)CC2CCCO2)=NN1c1ccc(F)cc1. The molecule has 1 fully saturated rings. The molecule has 7 nitrogen and oxygen atoms in total. The number of rotatable bonds is 7. The molecule has 2 atom stereocenters. The summed E-state index contributed by atoms with van der Waals surface area (Å²) in [6.45, 7) is 1.56. The maximum Gasteiger partial charge on any atom is 0.270 e. The third-order valence-corrected chi connectivity index (χ3v) is 5.53. The normalized spacial score (nSPS) is 20.5. The Morgan fingerprint density at radius 3 is 2.55 bits per heavy atom. The molecular weight excluding hydrogens is 399 g/mol. The fourth-order valence-electron chi connectivity index (χ4n) is 3.93. The Morgan fingerprint density at radius 2 is 1.90 bits per heavy atom. The van der Waals surface area contributed by atoms with E-state index in [1.165, 1.54) is 29.3 Å². The van der Waals surface area contributed by atoms with Crippen molar-refractivity contribution in [1.82, 2.24) is 4.90 Å². The first-order valence-electron chi connectivity index (χ1n) is 10.4. The lowest BCUT2D eigenvalue weighted by Gasteiger charge is -2.25. The van der Waals surface area contributed by atoms with Crippen molar-refractivity contribution in [3.63, 3.8) is 0 Å². The molecule has 2 N–H and O–H groups in total. The minimum absolute atomic E-state index is 0.0187. The maximum atomic E-state index is 13.4. The third-order valence-electron chi connectivity index (χ3n) is 5.53. The molecule has 0 aromatic heterocycles. The number of carbonyl (C=O) groups excluding carboxylic acids is 2. The van der Waals surface area contributed by atoms with Crippen LogP contribution in [0.1, 0.15) is 24.8 Å². The second-order valence-electron chi connectivity index (χ2n) is 7.80. The molecule has 2 aliphatic rings. The van der Waals surface area contributed by atoms with Crippen LogP contribution >= 0.6 is 0 Å². The van der Waals surface area contributed by atoms with Crippen LogP contribution in [0.3, 0.4) is 0 Å². The van der Waals surface area contributed by atoms with Gasteiger partial charge in [-0.05, 0) is 42.7 Å². The summed E-state index contributed by atoms with van der Waals surface area (Å²) in [5.74, 6) is -1.25. The molecular formula is C23H25FN4O3. The van der Waals surface area contributed by atoms with Gasteiger partial charge in [0.15, 0.2) is 0 Å². The van der Waals surface area contributed by atoms with Crippen molar-refractivity contribution >= 4 is 23.2 Å². The Balaban J connectivity index is 1.59. The first-order chi connectivity index (χ1) is 15.0. The highest BCUT2D eigenvalue weighted by molar-refractivity contribution is 6.40. The highest BCUT2D eigenvalue weighted by Crippen LogP contribution is 2.26. The number of ether oxygens (including phenoxy) is 1. The Bertz CT molecular complexity index is 959. The quantitative estimate of drug-likeness (QED) is 0.740. The summed E-state index contributed by atoms with van der Waals surface area (Å²) in [7, 11) is 0. The maximum absolute atomic E-state index is 13.4. The zero-order valence-corrected chi connectivity index (χ0v) is 17.1. The Hall–Kier alpha value is -3.26. The van der Waals surface area contributed by atoms with Crippen LogP contribution in [-0.4, -0.2) is 47.7 Å². The summed E-state index contributed by atoms with van der Waals surface area (Å²) in [6.07, 6.45) is 1.95. The molecule has 2 aromatic rings. The molecule has 0 spiro atoms. The number of hydrogen-bond donors (Lipinski definition) is 1. The summed E-state index contributed by atoms with van der Waals surface area (Å²) in [5, 5.41) is 5.83. The number of anilines is 1. The van der Waals surface area contributed by atoms with Crippen LogP contribution in [0.5, 0.6) is 0 Å². The van der Waals surface area contributed by atoms with Gasteiger partial charge in [0, 0.05) is 26.1 Å². The van der Waals surface area contributed by atoms with Gasteiger partial charge >= 0.3 is 0 Å². The van der Waals surface area contributed by atoms with Crippen LogP contribution < -0.4 is 10.7 Å². The number of nitrogens with two attached hydrogens (primary N) is 1. The van der Waals surface area contributed by atoms with E-state index in [0.29, 0.717) is 25.4 Å². The fourth-order valence-corrected chi connectivity index (χ4v) is 3.93. The average molecular weight is 424 g/mol. The van der Waals surface area contributed by atoms with Gasteiger partial charge in [0.05, 0.1) is 11.8 Å². The number of benzene rings is 2. The second kappa shape index (κ2) is 9.26. The summed E-state index contributed by atoms with van der Waals surface area (Å²) < 4.78 is 19.1. The van der Waals surface area contributed by atoms with Gasteiger partial charge in [-0.15, -0.1) is 0 Å². The van der Waals surface area contributed by atoms with E-state index in [1.54, 1.807) is 4.90 Å². The predicted octanol–water partition coefficient (Wildman–Crippen LogP) is 2.45. The van der Waals surface area contributed by atoms with Gasteiger partial charge in [-0.3, -0.25) is 14.6 Å². The van der Waals surface area contributed by atoms with Gasteiger partial charge in [-0.2, -0.15) is 5.10 Å². The average Bonchev–Trinajstić information content (AvgIpc) is 3.44. The van der Waals surface area contributed by atoms with Crippen LogP contribution in [0, 0.1) is 5.82 Å². The van der Waals surface area contributed by atoms with Crippen molar-refractivity contribution in [1.29, 1.82) is 0 Å². The lowest BCUT2D eigenvalue weighted by atomic mass is 10.1. The van der Waals surface area contributed by atoms with Gasteiger partial charge in [-0.1, -0.05) is 30.3 Å². The zero-order chi connectivity index (χ0) is 21.8. The van der Waals surface area contributed by atoms with E-state index in [2.05, 4.69) is 5.10 Å². The van der Waals surface area contributed by atoms with E-state index in [4.69, 9.17) is 10.5 Å². The first-order valence-corrected chi connectivity index (χ1v) is 10.4. The number of amides is 2. The molecule has 0 aliphatic carbocycles. The van der Waals surface area contributed by atoms with Crippen molar-refractivity contribution in [2.24, 2.45) is 10.8 Å². The van der Waals surface area contributed by atoms with Crippen molar-refractivity contribution in [3.8, 4) is 0 Å². The summed E-state index contributed by atoms with van der Waals surface area (Å²) in [6, 6.07) is 14.5. The molecule has 0 saturated carbocycles. The lowest BCUT2D eigenvalue weighted by Crippen LogP contribution is -2.42. The van der Waals surface area contributed by atoms with E-state index in [9.17, 15) is 14.0 Å². The minimum Gasteiger partial charge on any atom is -0.376 e. The Morgan fingerprint density at radius 1 is 1.16 bits per heavy atom. The zero-order valence-electron chi connectivity index (χ0n) is 17.1. The summed E-state index contributed by atoms with van der Waals surface area (Å²) in [4.78, 5) is 27.2. The van der Waals surface area contributed by atoms with E-state index in [0.717, 1.165) is 18.4 Å². The van der Waals surface area contributed by atoms with Crippen molar-refractivity contribution in [3.05, 3.63) is 66.0 Å². The number of hydrazone groups is 1. The fraction of sp³-hybridized carbons (Fsp3) is 0.348. The largest absolute Gasteiger partial charge is 0.376 e. The van der Waals surface area contributed by atoms with E-state index in [1.807, 2.05) is 30.3 Å². The molecule has 2 heterocycles. The van der Waals surface area contributed by atoms with E-state index in [-0.39, 0.29) is 24.1 Å². The topological polar surface area (TPSA) is 88.2 Å². The molecule has 0 radical (unpaired) electrons. The number of halogens is 1. The van der Waals surface area contributed by atoms with Gasteiger partial charge in [0.1, 0.15) is 17.6 Å². The molecule has 4 rings (SSSR count). The number of hydrogen-bond acceptors (Lipinski definition) is 5. The minimum atomic E-state index is -0.800. The highest BCUT2D eigenvalue weighted by Gasteiger charge is 2.37. The molecule has 2 aromatic carbocycles. The molecule has 162 valence electrons. The van der Waals surface area contributed by atoms with Crippen LogP contribution in [0.25, 0.3) is 0 Å². The molecule has 2 aliphatic heterocycles. The van der Waals surface area contributed by atoms with Gasteiger partial charge in [0.2, 0.25) is 5.91 Å². The molecule has 2 unspecified atom stereocenters. The monoisotopic (exact) mass is 424 g/mol. The molecule has 1 saturated heterocycles. The molecule has 0 bridgehead atoms. The van der Waals surface area contributed by atoms with E-state index >= 15 is 0 Å². The van der Waals surface area contributed by atoms with Gasteiger partial charge in [-0.25, -0.2) is 4.39 Å². The Labute approximate surface area is 180 Å². The summed E-state index contributed by atoms with van der Waals surface area (Å²) in [5.41, 5.74) is 7.32. The predicted molar refractivity (Wildman–Crippen MR) is 115 cm³/mol. The smallest absolute Gasteiger partial charge is 0.270 e. The molecule has 8 heteroatoms. The lowest BCUT2D eigenvalue weighted by molar-refractivity contribution is -0.126. The standard InChI is InChI=1S/C23H25FN4O3/c24-17-8-10-18(11-9-17)28-21(22(25)29)13-20(26-28)23(30)27(15-19-7-4-12-31-19)14-16-5-2-1-3-6-16/h1-3,5-6,8-11,19,21H,4,7,12-15H2,(H2,25,29). The number of nitrogens with zero attached hydrogens (tertiary/aromatic N) is 3. The number of primary amides is 1. The van der Waals surface area contributed by atoms with Gasteiger partial charge in [0.25, 0.3) is 5.91 Å². The van der Waals surface area contributed by atoms with E-state index < -0.39 is 17.8 Å². The first kappa shape index (κ1) is 21.0. The van der Waals surface area contributed by atoms with Crippen molar-refractivity contribution < 1.29 is 18.7 Å². The molecule has 31 heavy (non-hydrogen) atoms. The van der Waals surface area contributed by atoms with Crippen molar-refractivity contribution in [2.75, 3.05) is 18.2 Å². The highest BCUT2D eigenvalue weighted by atomic mass is 19.1. The van der Waals surface area contributed by atoms with Crippen LogP contribution in [0.4, 0.5) is 10.1 Å². The van der Waals surface area contributed by atoms with Gasteiger partial charge < -0.3 is 15.4 Å². The van der Waals surface area contributed by atoms with Crippen LogP contribution in [0.15, 0.2) is 59.7 Å². The summed E-state index contributed by atoms with van der Waals surface area (Å²) >= 11 is 0. The number of carbonyl (C=O) groups is 2. The van der Waals surface area contributed by atoms with Crippen molar-refractivity contribution in [2.45, 2.75) is 38.0 Å². The third kappa shape index (κ3) is 4.91. The second-order valence-corrected chi connectivity index (χ2v) is 7.80.